The van der Waals surface area contributed by atoms with Gasteiger partial charge in [-0.15, -0.1) is 0 Å². The number of likely N-dealkylation sites (tertiary alicyclic amines) is 1. The summed E-state index contributed by atoms with van der Waals surface area (Å²) in [5.74, 6) is -0.715. The van der Waals surface area contributed by atoms with E-state index >= 15 is 0 Å². The number of nitrogens with one attached hydrogen (secondary N) is 1. The number of nitrogens with two attached hydrogens (primary N) is 1. The Morgan fingerprint density at radius 3 is 2.63 bits per heavy atom. The Morgan fingerprint density at radius 1 is 1.41 bits per heavy atom. The number of carbonyl (C=O) groups is 2. The molecule has 3 unspecified atom stereocenters. The summed E-state index contributed by atoms with van der Waals surface area (Å²) in [5, 5.41) is 8.94. The molecule has 1 heterocycles. The quantitative estimate of drug-likeness (QED) is 0.593. The van der Waals surface area contributed by atoms with Crippen molar-refractivity contribution in [3.05, 3.63) is 34.9 Å². The molecule has 0 bridgehead atoms. The summed E-state index contributed by atoms with van der Waals surface area (Å²) in [6.07, 6.45) is 0.903. The number of amides is 1. The van der Waals surface area contributed by atoms with Crippen molar-refractivity contribution in [3.63, 3.8) is 0 Å². The zero-order valence-electron chi connectivity index (χ0n) is 16.3. The predicted molar refractivity (Wildman–Crippen MR) is 106 cm³/mol. The lowest BCUT2D eigenvalue weighted by Crippen LogP contribution is -2.53. The van der Waals surface area contributed by atoms with E-state index in [1.54, 1.807) is 18.2 Å². The summed E-state index contributed by atoms with van der Waals surface area (Å²) in [6, 6.07) is 5.77. The zero-order valence-corrected chi connectivity index (χ0v) is 17.0. The highest BCUT2D eigenvalue weighted by Crippen LogP contribution is 2.30. The monoisotopic (exact) mass is 393 g/mol. The number of esters is 1. The fourth-order valence-electron chi connectivity index (χ4n) is 3.31. The Bertz CT molecular complexity index is 729. The van der Waals surface area contributed by atoms with Gasteiger partial charge in [0.15, 0.2) is 0 Å². The lowest BCUT2D eigenvalue weighted by molar-refractivity contribution is -0.152. The van der Waals surface area contributed by atoms with Gasteiger partial charge in [-0.05, 0) is 41.9 Å². The summed E-state index contributed by atoms with van der Waals surface area (Å²) in [4.78, 5) is 26.6. The Hall–Kier alpha value is -1.92. The van der Waals surface area contributed by atoms with Gasteiger partial charge in [-0.3, -0.25) is 4.79 Å². The van der Waals surface area contributed by atoms with Crippen LogP contribution in [0.3, 0.4) is 0 Å². The van der Waals surface area contributed by atoms with Crippen LogP contribution in [0, 0.1) is 16.7 Å². The lowest BCUT2D eigenvalue weighted by Gasteiger charge is -2.32. The van der Waals surface area contributed by atoms with Crippen LogP contribution < -0.4 is 5.73 Å². The third kappa shape index (κ3) is 5.08. The van der Waals surface area contributed by atoms with Crippen LogP contribution in [-0.4, -0.2) is 48.2 Å². The van der Waals surface area contributed by atoms with Crippen molar-refractivity contribution in [3.8, 4) is 0 Å². The molecule has 0 saturated carbocycles. The van der Waals surface area contributed by atoms with Crippen LogP contribution in [0.2, 0.25) is 5.02 Å². The predicted octanol–water partition coefficient (Wildman–Crippen LogP) is 2.86. The van der Waals surface area contributed by atoms with Gasteiger partial charge in [0.2, 0.25) is 5.91 Å². The number of hydrogen-bond donors (Lipinski definition) is 2. The van der Waals surface area contributed by atoms with Crippen LogP contribution in [0.5, 0.6) is 0 Å². The molecule has 0 aromatic heterocycles. The molecule has 3 atom stereocenters. The van der Waals surface area contributed by atoms with Crippen LogP contribution in [0.4, 0.5) is 0 Å². The average Bonchev–Trinajstić information content (AvgIpc) is 3.02. The molecule has 27 heavy (non-hydrogen) atoms. The molecule has 148 valence electrons. The second-order valence-corrected chi connectivity index (χ2v) is 8.60. The van der Waals surface area contributed by atoms with Gasteiger partial charge in [-0.2, -0.15) is 0 Å². The topological polar surface area (TPSA) is 96.5 Å². The zero-order chi connectivity index (χ0) is 20.4. The van der Waals surface area contributed by atoms with Gasteiger partial charge in [0.05, 0.1) is 13.2 Å². The molecule has 0 radical (unpaired) electrons. The number of halogens is 1. The summed E-state index contributed by atoms with van der Waals surface area (Å²) in [6.45, 7) is 6.06. The van der Waals surface area contributed by atoms with E-state index in [1.807, 2.05) is 26.8 Å². The molecule has 1 aliphatic rings. The first kappa shape index (κ1) is 21.4. The molecule has 1 saturated heterocycles. The van der Waals surface area contributed by atoms with E-state index in [-0.39, 0.29) is 11.8 Å². The number of ether oxygens (including phenoxy) is 1. The SMILES string of the molecule is COC(=O)C1CC(CC(=N)c2cccc(Cl)c2)CN1C(=O)C(N)C(C)(C)C. The van der Waals surface area contributed by atoms with E-state index in [4.69, 9.17) is 27.5 Å². The minimum atomic E-state index is -0.712. The smallest absolute Gasteiger partial charge is 0.328 e. The van der Waals surface area contributed by atoms with Gasteiger partial charge in [-0.1, -0.05) is 44.5 Å². The van der Waals surface area contributed by atoms with Crippen molar-refractivity contribution >= 4 is 29.2 Å². The van der Waals surface area contributed by atoms with Crippen LogP contribution in [0.1, 0.15) is 39.2 Å². The fourth-order valence-corrected chi connectivity index (χ4v) is 3.50. The molecular formula is C20H28ClN3O3. The van der Waals surface area contributed by atoms with Crippen molar-refractivity contribution in [2.24, 2.45) is 17.1 Å². The van der Waals surface area contributed by atoms with Crippen molar-refractivity contribution < 1.29 is 14.3 Å². The fraction of sp³-hybridized carbons (Fsp3) is 0.550. The number of hydrogen-bond acceptors (Lipinski definition) is 5. The third-order valence-electron chi connectivity index (χ3n) is 5.01. The molecule has 6 nitrogen and oxygen atoms in total. The second-order valence-electron chi connectivity index (χ2n) is 8.17. The van der Waals surface area contributed by atoms with E-state index in [0.717, 1.165) is 5.56 Å². The molecule has 0 aliphatic carbocycles. The standard InChI is InChI=1S/C20H28ClN3O3/c1-20(2,3)17(23)18(25)24-11-12(9-16(24)19(26)27-4)8-15(22)13-6-5-7-14(21)10-13/h5-7,10,12,16-17,22H,8-9,11,23H2,1-4H3. The van der Waals surface area contributed by atoms with E-state index in [0.29, 0.717) is 30.1 Å². The molecule has 2 rings (SSSR count). The second kappa shape index (κ2) is 8.40. The average molecular weight is 394 g/mol. The molecule has 1 aromatic carbocycles. The van der Waals surface area contributed by atoms with E-state index in [1.165, 1.54) is 12.0 Å². The number of rotatable bonds is 5. The summed E-state index contributed by atoms with van der Waals surface area (Å²) < 4.78 is 4.89. The molecule has 1 aromatic rings. The number of nitrogens with zero attached hydrogens (tertiary/aromatic N) is 1. The Balaban J connectivity index is 2.15. The molecule has 7 heteroatoms. The first-order valence-corrected chi connectivity index (χ1v) is 9.39. The maximum atomic E-state index is 12.9. The Kier molecular flexibility index (Phi) is 6.65. The van der Waals surface area contributed by atoms with E-state index < -0.39 is 23.5 Å². The van der Waals surface area contributed by atoms with Crippen molar-refractivity contribution in [2.75, 3.05) is 13.7 Å². The number of benzene rings is 1. The van der Waals surface area contributed by atoms with Crippen molar-refractivity contribution in [1.29, 1.82) is 5.41 Å². The summed E-state index contributed by atoms with van der Waals surface area (Å²) in [5.41, 5.74) is 6.89. The van der Waals surface area contributed by atoms with Gasteiger partial charge in [-0.25, -0.2) is 4.79 Å². The summed E-state index contributed by atoms with van der Waals surface area (Å²) in [7, 11) is 1.32. The first-order chi connectivity index (χ1) is 12.5. The maximum absolute atomic E-state index is 12.9. The third-order valence-corrected chi connectivity index (χ3v) is 5.24. The van der Waals surface area contributed by atoms with Crippen molar-refractivity contribution in [1.82, 2.24) is 4.90 Å². The highest BCUT2D eigenvalue weighted by Gasteiger charge is 2.43. The van der Waals surface area contributed by atoms with Gasteiger partial charge >= 0.3 is 5.97 Å². The van der Waals surface area contributed by atoms with E-state index in [9.17, 15) is 9.59 Å². The molecule has 3 N–H and O–H groups in total. The molecule has 1 fully saturated rings. The van der Waals surface area contributed by atoms with Gasteiger partial charge in [0.25, 0.3) is 0 Å². The number of carbonyl (C=O) groups excluding carboxylic acids is 2. The van der Waals surface area contributed by atoms with Crippen LogP contribution >= 0.6 is 11.6 Å². The minimum absolute atomic E-state index is 0.0169. The van der Waals surface area contributed by atoms with Crippen LogP contribution in [-0.2, 0) is 14.3 Å². The normalized spacial score (nSPS) is 21.0. The number of methoxy groups -OCH3 is 1. The van der Waals surface area contributed by atoms with Crippen LogP contribution in [0.15, 0.2) is 24.3 Å². The van der Waals surface area contributed by atoms with Gasteiger partial charge < -0.3 is 20.8 Å². The largest absolute Gasteiger partial charge is 0.467 e. The first-order valence-electron chi connectivity index (χ1n) is 9.01. The molecule has 1 aliphatic heterocycles. The lowest BCUT2D eigenvalue weighted by atomic mass is 9.86. The highest BCUT2D eigenvalue weighted by molar-refractivity contribution is 6.31. The van der Waals surface area contributed by atoms with E-state index in [2.05, 4.69) is 0 Å². The molecule has 0 spiro atoms. The van der Waals surface area contributed by atoms with Gasteiger partial charge in [0.1, 0.15) is 6.04 Å². The Morgan fingerprint density at radius 2 is 2.07 bits per heavy atom. The Labute approximate surface area is 165 Å². The van der Waals surface area contributed by atoms with Crippen molar-refractivity contribution in [2.45, 2.75) is 45.7 Å². The molecular weight excluding hydrogens is 366 g/mol. The van der Waals surface area contributed by atoms with Gasteiger partial charge in [0, 0.05) is 17.3 Å². The minimum Gasteiger partial charge on any atom is -0.467 e. The maximum Gasteiger partial charge on any atom is 0.328 e. The summed E-state index contributed by atoms with van der Waals surface area (Å²) >= 11 is 6.01. The highest BCUT2D eigenvalue weighted by atomic mass is 35.5. The molecule has 1 amide bonds. The van der Waals surface area contributed by atoms with Crippen LogP contribution in [0.25, 0.3) is 0 Å².